The van der Waals surface area contributed by atoms with Crippen LogP contribution in [0, 0.1) is 0 Å². The van der Waals surface area contributed by atoms with Gasteiger partial charge in [0.1, 0.15) is 0 Å². The van der Waals surface area contributed by atoms with Gasteiger partial charge in [-0.3, -0.25) is 10.4 Å². The fourth-order valence-electron chi connectivity index (χ4n) is 1.69. The fourth-order valence-corrected chi connectivity index (χ4v) is 1.91. The number of rotatable bonds is 2. The molecule has 0 aliphatic carbocycles. The van der Waals surface area contributed by atoms with E-state index in [-0.39, 0.29) is 0 Å². The topological polar surface area (TPSA) is 66.5 Å². The van der Waals surface area contributed by atoms with Gasteiger partial charge in [-0.15, -0.1) is 0 Å². The molecular formula is C11H15N5S. The SMILES string of the molecule is N/C(=N/NC(=S)N1CCCC1)c1ccncc1. The van der Waals surface area contributed by atoms with E-state index in [1.54, 1.807) is 24.5 Å². The number of nitrogens with one attached hydrogen (secondary N) is 1. The van der Waals surface area contributed by atoms with E-state index in [4.69, 9.17) is 18.0 Å². The predicted octanol–water partition coefficient (Wildman–Crippen LogP) is 0.672. The molecule has 90 valence electrons. The van der Waals surface area contributed by atoms with E-state index in [1.807, 2.05) is 0 Å². The van der Waals surface area contributed by atoms with E-state index in [2.05, 4.69) is 20.4 Å². The van der Waals surface area contributed by atoms with Crippen LogP contribution in [0.5, 0.6) is 0 Å². The molecule has 0 unspecified atom stereocenters. The van der Waals surface area contributed by atoms with Gasteiger partial charge < -0.3 is 10.6 Å². The predicted molar refractivity (Wildman–Crippen MR) is 71.5 cm³/mol. The van der Waals surface area contributed by atoms with Crippen molar-refractivity contribution in [2.24, 2.45) is 10.8 Å². The molecule has 0 radical (unpaired) electrons. The van der Waals surface area contributed by atoms with Crippen molar-refractivity contribution in [2.75, 3.05) is 13.1 Å². The Morgan fingerprint density at radius 3 is 2.65 bits per heavy atom. The minimum Gasteiger partial charge on any atom is -0.382 e. The molecular weight excluding hydrogens is 234 g/mol. The first kappa shape index (κ1) is 11.8. The summed E-state index contributed by atoms with van der Waals surface area (Å²) in [5.41, 5.74) is 9.48. The number of hydrogen-bond donors (Lipinski definition) is 2. The summed E-state index contributed by atoms with van der Waals surface area (Å²) in [7, 11) is 0. The van der Waals surface area contributed by atoms with Gasteiger partial charge in [-0.1, -0.05) is 0 Å². The lowest BCUT2D eigenvalue weighted by Crippen LogP contribution is -2.36. The van der Waals surface area contributed by atoms with Crippen molar-refractivity contribution in [2.45, 2.75) is 12.8 Å². The maximum atomic E-state index is 5.82. The Labute approximate surface area is 106 Å². The average molecular weight is 249 g/mol. The first-order chi connectivity index (χ1) is 8.27. The van der Waals surface area contributed by atoms with Crippen molar-refractivity contribution >= 4 is 23.2 Å². The first-order valence-electron chi connectivity index (χ1n) is 5.56. The van der Waals surface area contributed by atoms with Crippen LogP contribution in [-0.2, 0) is 0 Å². The molecule has 1 aromatic heterocycles. The van der Waals surface area contributed by atoms with Gasteiger partial charge in [-0.2, -0.15) is 5.10 Å². The summed E-state index contributed by atoms with van der Waals surface area (Å²) in [5.74, 6) is 0.411. The molecule has 0 atom stereocenters. The molecule has 1 aromatic rings. The zero-order chi connectivity index (χ0) is 12.1. The molecule has 6 heteroatoms. The fraction of sp³-hybridized carbons (Fsp3) is 0.364. The summed E-state index contributed by atoms with van der Waals surface area (Å²) in [4.78, 5) is 6.02. The Morgan fingerprint density at radius 1 is 1.35 bits per heavy atom. The van der Waals surface area contributed by atoms with Crippen LogP contribution in [0.25, 0.3) is 0 Å². The standard InChI is InChI=1S/C11H15N5S/c12-10(9-3-5-13-6-4-9)14-15-11(17)16-7-1-2-8-16/h3-6H,1-2,7-8H2,(H2,12,14)(H,15,17). The molecule has 2 heterocycles. The largest absolute Gasteiger partial charge is 0.382 e. The van der Waals surface area contributed by atoms with Crippen molar-refractivity contribution in [3.05, 3.63) is 30.1 Å². The highest BCUT2D eigenvalue weighted by molar-refractivity contribution is 7.80. The van der Waals surface area contributed by atoms with Gasteiger partial charge in [0.15, 0.2) is 10.9 Å². The molecule has 1 aliphatic heterocycles. The van der Waals surface area contributed by atoms with E-state index in [0.717, 1.165) is 18.7 Å². The lowest BCUT2D eigenvalue weighted by Gasteiger charge is -2.17. The van der Waals surface area contributed by atoms with E-state index < -0.39 is 0 Å². The highest BCUT2D eigenvalue weighted by atomic mass is 32.1. The quantitative estimate of drug-likeness (QED) is 0.349. The van der Waals surface area contributed by atoms with Crippen LogP contribution in [0.3, 0.4) is 0 Å². The average Bonchev–Trinajstić information content (AvgIpc) is 2.90. The summed E-state index contributed by atoms with van der Waals surface area (Å²) >= 11 is 5.22. The molecule has 0 saturated carbocycles. The normalized spacial score (nSPS) is 16.0. The van der Waals surface area contributed by atoms with Crippen molar-refractivity contribution in [1.82, 2.24) is 15.3 Å². The number of likely N-dealkylation sites (tertiary alicyclic amines) is 1. The molecule has 1 fully saturated rings. The van der Waals surface area contributed by atoms with Crippen molar-refractivity contribution < 1.29 is 0 Å². The van der Waals surface area contributed by atoms with Crippen LogP contribution in [-0.4, -0.2) is 33.9 Å². The summed E-state index contributed by atoms with van der Waals surface area (Å²) in [5, 5.41) is 4.71. The summed E-state index contributed by atoms with van der Waals surface area (Å²) in [6, 6.07) is 3.61. The smallest absolute Gasteiger partial charge is 0.189 e. The second-order valence-corrected chi connectivity index (χ2v) is 4.23. The van der Waals surface area contributed by atoms with Crippen LogP contribution in [0.2, 0.25) is 0 Å². The number of pyridine rings is 1. The lowest BCUT2D eigenvalue weighted by atomic mass is 10.2. The molecule has 0 amide bonds. The second kappa shape index (κ2) is 5.58. The number of nitrogens with zero attached hydrogens (tertiary/aromatic N) is 3. The van der Waals surface area contributed by atoms with Gasteiger partial charge in [-0.05, 0) is 37.2 Å². The lowest BCUT2D eigenvalue weighted by molar-refractivity contribution is 0.509. The van der Waals surface area contributed by atoms with Crippen LogP contribution in [0.4, 0.5) is 0 Å². The van der Waals surface area contributed by atoms with Gasteiger partial charge in [0.25, 0.3) is 0 Å². The third-order valence-corrected chi connectivity index (χ3v) is 2.99. The number of hydrogen-bond acceptors (Lipinski definition) is 3. The zero-order valence-corrected chi connectivity index (χ0v) is 10.3. The molecule has 5 nitrogen and oxygen atoms in total. The second-order valence-electron chi connectivity index (χ2n) is 3.84. The van der Waals surface area contributed by atoms with Gasteiger partial charge in [-0.25, -0.2) is 0 Å². The van der Waals surface area contributed by atoms with Gasteiger partial charge in [0, 0.05) is 31.0 Å². The maximum Gasteiger partial charge on any atom is 0.189 e. The Balaban J connectivity index is 1.94. The number of thiocarbonyl (C=S) groups is 1. The maximum absolute atomic E-state index is 5.82. The molecule has 17 heavy (non-hydrogen) atoms. The molecule has 2 rings (SSSR count). The monoisotopic (exact) mass is 249 g/mol. The molecule has 3 N–H and O–H groups in total. The third kappa shape index (κ3) is 3.13. The molecule has 0 bridgehead atoms. The van der Waals surface area contributed by atoms with Crippen molar-refractivity contribution in [1.29, 1.82) is 0 Å². The number of hydrazone groups is 1. The number of aromatic nitrogens is 1. The summed E-state index contributed by atoms with van der Waals surface area (Å²) in [6.45, 7) is 1.99. The summed E-state index contributed by atoms with van der Waals surface area (Å²) in [6.07, 6.45) is 5.73. The molecule has 1 aliphatic rings. The zero-order valence-electron chi connectivity index (χ0n) is 9.47. The highest BCUT2D eigenvalue weighted by Crippen LogP contribution is 2.07. The van der Waals surface area contributed by atoms with Gasteiger partial charge >= 0.3 is 0 Å². The van der Waals surface area contributed by atoms with Crippen molar-refractivity contribution in [3.8, 4) is 0 Å². The highest BCUT2D eigenvalue weighted by Gasteiger charge is 2.13. The molecule has 0 aromatic carbocycles. The number of nitrogens with two attached hydrogens (primary N) is 1. The third-order valence-electron chi connectivity index (χ3n) is 2.64. The van der Waals surface area contributed by atoms with Gasteiger partial charge in [0.05, 0.1) is 0 Å². The summed E-state index contributed by atoms with van der Waals surface area (Å²) < 4.78 is 0. The minimum atomic E-state index is 0.411. The van der Waals surface area contributed by atoms with E-state index in [0.29, 0.717) is 10.9 Å². The minimum absolute atomic E-state index is 0.411. The Hall–Kier alpha value is -1.69. The van der Waals surface area contributed by atoms with Crippen LogP contribution < -0.4 is 11.2 Å². The van der Waals surface area contributed by atoms with E-state index in [1.165, 1.54) is 12.8 Å². The van der Waals surface area contributed by atoms with Crippen LogP contribution in [0.1, 0.15) is 18.4 Å². The molecule has 0 spiro atoms. The van der Waals surface area contributed by atoms with Gasteiger partial charge in [0.2, 0.25) is 0 Å². The van der Waals surface area contributed by atoms with E-state index in [9.17, 15) is 0 Å². The Morgan fingerprint density at radius 2 is 2.00 bits per heavy atom. The van der Waals surface area contributed by atoms with Crippen LogP contribution in [0.15, 0.2) is 29.6 Å². The molecule has 1 saturated heterocycles. The first-order valence-corrected chi connectivity index (χ1v) is 5.96. The number of amidine groups is 1. The Kier molecular flexibility index (Phi) is 3.87. The Bertz CT molecular complexity index is 411. The van der Waals surface area contributed by atoms with Crippen molar-refractivity contribution in [3.63, 3.8) is 0 Å². The van der Waals surface area contributed by atoms with Crippen LogP contribution >= 0.6 is 12.2 Å². The van der Waals surface area contributed by atoms with E-state index >= 15 is 0 Å².